The molecule has 0 saturated carbocycles. The second kappa shape index (κ2) is 10.2. The molecule has 0 spiro atoms. The molecule has 0 aliphatic carbocycles. The molecule has 0 bridgehead atoms. The van der Waals surface area contributed by atoms with E-state index in [2.05, 4.69) is 18.5 Å². The third kappa shape index (κ3) is 5.10. The van der Waals surface area contributed by atoms with Crippen LogP contribution in [0.1, 0.15) is 31.4 Å². The first-order valence-corrected chi connectivity index (χ1v) is 9.45. The number of hydrogen-bond acceptors (Lipinski definition) is 4. The molecule has 29 heavy (non-hydrogen) atoms. The van der Waals surface area contributed by atoms with Crippen molar-refractivity contribution in [1.29, 1.82) is 0 Å². The van der Waals surface area contributed by atoms with E-state index in [4.69, 9.17) is 0 Å². The fourth-order valence-corrected chi connectivity index (χ4v) is 3.07. The van der Waals surface area contributed by atoms with Crippen molar-refractivity contribution in [2.75, 3.05) is 0 Å². The van der Waals surface area contributed by atoms with E-state index in [-0.39, 0.29) is 19.1 Å². The highest BCUT2D eigenvalue weighted by atomic mass is 16.2. The van der Waals surface area contributed by atoms with Crippen LogP contribution >= 0.6 is 0 Å². The van der Waals surface area contributed by atoms with Gasteiger partial charge in [0.05, 0.1) is 19.1 Å². The van der Waals surface area contributed by atoms with E-state index in [9.17, 15) is 19.2 Å². The van der Waals surface area contributed by atoms with Gasteiger partial charge in [-0.2, -0.15) is 0 Å². The molecular weight excluding hydrogens is 372 g/mol. The molecule has 0 saturated heterocycles. The Balaban J connectivity index is 2.39. The molecule has 0 aliphatic rings. The second-order valence-electron chi connectivity index (χ2n) is 6.55. The zero-order chi connectivity index (χ0) is 21.4. The minimum Gasteiger partial charge on any atom is -0.348 e. The molecule has 0 radical (unpaired) electrons. The summed E-state index contributed by atoms with van der Waals surface area (Å²) in [5, 5.41) is 2.88. The number of amides is 1. The van der Waals surface area contributed by atoms with Gasteiger partial charge in [0, 0.05) is 0 Å². The smallest absolute Gasteiger partial charge is 0.337 e. The fourth-order valence-electron chi connectivity index (χ4n) is 3.07. The maximum absolute atomic E-state index is 12.7. The molecule has 154 valence electrons. The fraction of sp³-hybridized carbons (Fsp3) is 0.333. The van der Waals surface area contributed by atoms with E-state index in [1.807, 2.05) is 37.3 Å². The highest BCUT2D eigenvalue weighted by Gasteiger charge is 2.19. The maximum atomic E-state index is 12.7. The lowest BCUT2D eigenvalue weighted by Gasteiger charge is -2.19. The third-order valence-electron chi connectivity index (χ3n) is 4.43. The molecule has 1 heterocycles. The van der Waals surface area contributed by atoms with Gasteiger partial charge in [0.2, 0.25) is 5.91 Å². The SMILES string of the molecule is C=CCn1c(=O)n(CC=C)c(=O)n(CC(=O)N[C@@H](CCC)c2ccccc2)c1=O. The molecule has 8 nitrogen and oxygen atoms in total. The van der Waals surface area contributed by atoms with Crippen LogP contribution < -0.4 is 22.4 Å². The molecule has 1 aromatic carbocycles. The number of rotatable bonds is 10. The van der Waals surface area contributed by atoms with Crippen molar-refractivity contribution >= 4 is 5.91 Å². The Morgan fingerprint density at radius 2 is 1.48 bits per heavy atom. The van der Waals surface area contributed by atoms with Crippen LogP contribution in [0, 0.1) is 0 Å². The van der Waals surface area contributed by atoms with Gasteiger partial charge in [-0.1, -0.05) is 55.8 Å². The van der Waals surface area contributed by atoms with Crippen LogP contribution in [-0.2, 0) is 24.4 Å². The Bertz CT molecular complexity index is 999. The van der Waals surface area contributed by atoms with Crippen LogP contribution in [0.15, 0.2) is 70.0 Å². The van der Waals surface area contributed by atoms with Gasteiger partial charge in [0.15, 0.2) is 0 Å². The lowest BCUT2D eigenvalue weighted by atomic mass is 10.0. The van der Waals surface area contributed by atoms with Crippen LogP contribution in [0.5, 0.6) is 0 Å². The third-order valence-corrected chi connectivity index (χ3v) is 4.43. The maximum Gasteiger partial charge on any atom is 0.337 e. The van der Waals surface area contributed by atoms with Crippen LogP contribution in [0.25, 0.3) is 0 Å². The Labute approximate surface area is 168 Å². The molecule has 1 N–H and O–H groups in total. The van der Waals surface area contributed by atoms with Crippen LogP contribution in [-0.4, -0.2) is 19.6 Å². The molecule has 0 fully saturated rings. The summed E-state index contributed by atoms with van der Waals surface area (Å²) in [5.41, 5.74) is -1.51. The normalized spacial score (nSPS) is 11.6. The minimum absolute atomic E-state index is 0.0703. The van der Waals surface area contributed by atoms with Crippen molar-refractivity contribution in [2.45, 2.75) is 45.4 Å². The van der Waals surface area contributed by atoms with E-state index >= 15 is 0 Å². The molecule has 2 aromatic rings. The standard InChI is InChI=1S/C21H26N4O4/c1-4-10-17(16-11-8-7-9-12-16)22-18(26)15-25-20(28)23(13-5-2)19(27)24(14-6-3)21(25)29/h5-9,11-12,17H,2-4,10,13-15H2,1H3,(H,22,26)/t17-/m0/s1. The number of aromatic nitrogens is 3. The van der Waals surface area contributed by atoms with Gasteiger partial charge in [0.1, 0.15) is 6.54 Å². The largest absolute Gasteiger partial charge is 0.348 e. The summed E-state index contributed by atoms with van der Waals surface area (Å²) in [6.07, 6.45) is 4.31. The lowest BCUT2D eigenvalue weighted by Crippen LogP contribution is -2.55. The zero-order valence-electron chi connectivity index (χ0n) is 16.5. The molecule has 0 unspecified atom stereocenters. The van der Waals surface area contributed by atoms with Crippen LogP contribution in [0.2, 0.25) is 0 Å². The molecular formula is C21H26N4O4. The Kier molecular flexibility index (Phi) is 7.70. The van der Waals surface area contributed by atoms with Crippen molar-refractivity contribution in [3.63, 3.8) is 0 Å². The summed E-state index contributed by atoms with van der Waals surface area (Å²) in [6, 6.07) is 9.24. The summed E-state index contributed by atoms with van der Waals surface area (Å²) >= 11 is 0. The Hall–Kier alpha value is -3.42. The number of carbonyl (C=O) groups excluding carboxylic acids is 1. The Morgan fingerprint density at radius 3 is 1.97 bits per heavy atom. The summed E-state index contributed by atoms with van der Waals surface area (Å²) in [6.45, 7) is 8.43. The number of benzene rings is 1. The molecule has 1 amide bonds. The monoisotopic (exact) mass is 398 g/mol. The van der Waals surface area contributed by atoms with Crippen molar-refractivity contribution in [2.24, 2.45) is 0 Å². The van der Waals surface area contributed by atoms with Crippen molar-refractivity contribution < 1.29 is 4.79 Å². The summed E-state index contributed by atoms with van der Waals surface area (Å²) in [7, 11) is 0. The lowest BCUT2D eigenvalue weighted by molar-refractivity contribution is -0.122. The predicted octanol–water partition coefficient (Wildman–Crippen LogP) is 1.20. The molecule has 1 aromatic heterocycles. The number of nitrogens with one attached hydrogen (secondary N) is 1. The number of carbonyl (C=O) groups is 1. The van der Waals surface area contributed by atoms with E-state index < -0.39 is 29.5 Å². The Morgan fingerprint density at radius 1 is 0.966 bits per heavy atom. The quantitative estimate of drug-likeness (QED) is 0.609. The van der Waals surface area contributed by atoms with Gasteiger partial charge in [-0.25, -0.2) is 28.1 Å². The van der Waals surface area contributed by atoms with E-state index in [1.54, 1.807) is 0 Å². The summed E-state index contributed by atoms with van der Waals surface area (Å²) < 4.78 is 2.50. The first-order chi connectivity index (χ1) is 13.9. The van der Waals surface area contributed by atoms with Crippen molar-refractivity contribution in [1.82, 2.24) is 19.0 Å². The average Bonchev–Trinajstić information content (AvgIpc) is 2.72. The summed E-state index contributed by atoms with van der Waals surface area (Å²) in [4.78, 5) is 50.3. The van der Waals surface area contributed by atoms with E-state index in [0.717, 1.165) is 25.7 Å². The van der Waals surface area contributed by atoms with Crippen LogP contribution in [0.3, 0.4) is 0 Å². The molecule has 8 heteroatoms. The van der Waals surface area contributed by atoms with Crippen molar-refractivity contribution in [3.05, 3.63) is 92.7 Å². The van der Waals surface area contributed by atoms with Crippen LogP contribution in [0.4, 0.5) is 0 Å². The second-order valence-corrected chi connectivity index (χ2v) is 6.55. The highest BCUT2D eigenvalue weighted by molar-refractivity contribution is 5.76. The minimum atomic E-state index is -0.845. The van der Waals surface area contributed by atoms with Gasteiger partial charge in [-0.3, -0.25) is 4.79 Å². The van der Waals surface area contributed by atoms with Crippen molar-refractivity contribution in [3.8, 4) is 0 Å². The average molecular weight is 398 g/mol. The number of nitrogens with zero attached hydrogens (tertiary/aromatic N) is 3. The first-order valence-electron chi connectivity index (χ1n) is 9.45. The van der Waals surface area contributed by atoms with Gasteiger partial charge in [0.25, 0.3) is 0 Å². The zero-order valence-corrected chi connectivity index (χ0v) is 16.5. The molecule has 2 rings (SSSR count). The number of allylic oxidation sites excluding steroid dienone is 2. The van der Waals surface area contributed by atoms with Gasteiger partial charge >= 0.3 is 17.1 Å². The van der Waals surface area contributed by atoms with E-state index in [1.165, 1.54) is 12.2 Å². The topological polar surface area (TPSA) is 95.1 Å². The number of hydrogen-bond donors (Lipinski definition) is 1. The first kappa shape index (κ1) is 21.9. The van der Waals surface area contributed by atoms with Gasteiger partial charge in [-0.15, -0.1) is 13.2 Å². The van der Waals surface area contributed by atoms with E-state index in [0.29, 0.717) is 6.42 Å². The van der Waals surface area contributed by atoms with Gasteiger partial charge < -0.3 is 5.32 Å². The van der Waals surface area contributed by atoms with Gasteiger partial charge in [-0.05, 0) is 12.0 Å². The molecule has 0 aliphatic heterocycles. The molecule has 1 atom stereocenters. The summed E-state index contributed by atoms with van der Waals surface area (Å²) in [5.74, 6) is -0.486. The highest BCUT2D eigenvalue weighted by Crippen LogP contribution is 2.17. The predicted molar refractivity (Wildman–Crippen MR) is 112 cm³/mol.